The summed E-state index contributed by atoms with van der Waals surface area (Å²) in [6.07, 6.45) is 1.78. The number of anilines is 1. The van der Waals surface area contributed by atoms with E-state index in [1.54, 1.807) is 29.5 Å². The third kappa shape index (κ3) is 5.05. The second kappa shape index (κ2) is 9.48. The molecule has 0 aliphatic heterocycles. The number of amides is 1. The molecule has 0 unspecified atom stereocenters. The van der Waals surface area contributed by atoms with Gasteiger partial charge in [-0.1, -0.05) is 25.2 Å². The lowest BCUT2D eigenvalue weighted by Gasteiger charge is -2.13. The van der Waals surface area contributed by atoms with Gasteiger partial charge in [0.05, 0.1) is 13.2 Å². The number of rotatable bonds is 9. The minimum atomic E-state index is -0.258. The lowest BCUT2D eigenvalue weighted by Crippen LogP contribution is -2.12. The van der Waals surface area contributed by atoms with Gasteiger partial charge in [-0.2, -0.15) is 11.3 Å². The number of nitrogens with one attached hydrogen (secondary N) is 1. The molecule has 3 aromatic rings. The third-order valence-electron chi connectivity index (χ3n) is 3.54. The van der Waals surface area contributed by atoms with E-state index in [-0.39, 0.29) is 5.91 Å². The van der Waals surface area contributed by atoms with E-state index in [0.717, 1.165) is 23.4 Å². The number of benzene rings is 1. The summed E-state index contributed by atoms with van der Waals surface area (Å²) in [7, 11) is 0. The Kier molecular flexibility index (Phi) is 6.78. The van der Waals surface area contributed by atoms with Crippen molar-refractivity contribution < 1.29 is 14.3 Å². The Morgan fingerprint density at radius 2 is 1.85 bits per heavy atom. The second-order valence-corrected chi connectivity index (χ2v) is 7.49. The SMILES string of the molecule is CCCOc1ccc(C(=O)Nc2nnc(-c3ccsc3)s2)cc1OCCC. The molecule has 1 N–H and O–H groups in total. The number of hydrogen-bond donors (Lipinski definition) is 1. The van der Waals surface area contributed by atoms with E-state index in [1.165, 1.54) is 11.3 Å². The molecule has 0 radical (unpaired) electrons. The largest absolute Gasteiger partial charge is 0.490 e. The van der Waals surface area contributed by atoms with Crippen molar-refractivity contribution in [1.82, 2.24) is 10.2 Å². The van der Waals surface area contributed by atoms with Crippen molar-refractivity contribution in [3.05, 3.63) is 40.6 Å². The molecule has 0 saturated heterocycles. The summed E-state index contributed by atoms with van der Waals surface area (Å²) in [5, 5.41) is 16.2. The fraction of sp³-hybridized carbons (Fsp3) is 0.316. The lowest BCUT2D eigenvalue weighted by molar-refractivity contribution is 0.102. The van der Waals surface area contributed by atoms with E-state index in [4.69, 9.17) is 9.47 Å². The highest BCUT2D eigenvalue weighted by Gasteiger charge is 2.15. The van der Waals surface area contributed by atoms with E-state index in [9.17, 15) is 4.79 Å². The fourth-order valence-corrected chi connectivity index (χ4v) is 3.70. The van der Waals surface area contributed by atoms with Crippen LogP contribution >= 0.6 is 22.7 Å². The van der Waals surface area contributed by atoms with Crippen LogP contribution in [0.3, 0.4) is 0 Å². The molecule has 8 heteroatoms. The molecule has 0 bridgehead atoms. The predicted molar refractivity (Wildman–Crippen MR) is 109 cm³/mol. The van der Waals surface area contributed by atoms with Crippen molar-refractivity contribution in [2.45, 2.75) is 26.7 Å². The zero-order valence-corrected chi connectivity index (χ0v) is 16.9. The summed E-state index contributed by atoms with van der Waals surface area (Å²) >= 11 is 2.94. The quantitative estimate of drug-likeness (QED) is 0.538. The maximum Gasteiger partial charge on any atom is 0.257 e. The minimum absolute atomic E-state index is 0.258. The van der Waals surface area contributed by atoms with Crippen LogP contribution in [0.25, 0.3) is 10.6 Å². The van der Waals surface area contributed by atoms with Crippen LogP contribution in [0.15, 0.2) is 35.0 Å². The number of thiophene rings is 1. The zero-order valence-electron chi connectivity index (χ0n) is 15.2. The van der Waals surface area contributed by atoms with Gasteiger partial charge in [0.2, 0.25) is 5.13 Å². The van der Waals surface area contributed by atoms with Gasteiger partial charge in [-0.05, 0) is 42.5 Å². The van der Waals surface area contributed by atoms with E-state index in [0.29, 0.717) is 35.4 Å². The van der Waals surface area contributed by atoms with Crippen molar-refractivity contribution in [1.29, 1.82) is 0 Å². The van der Waals surface area contributed by atoms with Crippen molar-refractivity contribution in [3.8, 4) is 22.1 Å². The van der Waals surface area contributed by atoms with Gasteiger partial charge in [-0.15, -0.1) is 10.2 Å². The number of hydrogen-bond acceptors (Lipinski definition) is 7. The molecular weight excluding hydrogens is 382 g/mol. The fourth-order valence-electron chi connectivity index (χ4n) is 2.25. The van der Waals surface area contributed by atoms with Crippen molar-refractivity contribution in [3.63, 3.8) is 0 Å². The summed E-state index contributed by atoms with van der Waals surface area (Å²) in [5.74, 6) is 0.970. The minimum Gasteiger partial charge on any atom is -0.490 e. The molecule has 0 fully saturated rings. The highest BCUT2D eigenvalue weighted by molar-refractivity contribution is 7.19. The maximum atomic E-state index is 12.6. The van der Waals surface area contributed by atoms with Gasteiger partial charge in [0.1, 0.15) is 5.01 Å². The normalized spacial score (nSPS) is 10.6. The topological polar surface area (TPSA) is 73.3 Å². The summed E-state index contributed by atoms with van der Waals surface area (Å²) in [5.41, 5.74) is 1.49. The van der Waals surface area contributed by atoms with E-state index < -0.39 is 0 Å². The van der Waals surface area contributed by atoms with Crippen LogP contribution in [0.2, 0.25) is 0 Å². The van der Waals surface area contributed by atoms with Crippen molar-refractivity contribution in [2.75, 3.05) is 18.5 Å². The number of nitrogens with zero attached hydrogens (tertiary/aromatic N) is 2. The number of aromatic nitrogens is 2. The molecule has 0 atom stereocenters. The van der Waals surface area contributed by atoms with Gasteiger partial charge in [0, 0.05) is 16.5 Å². The molecule has 27 heavy (non-hydrogen) atoms. The summed E-state index contributed by atoms with van der Waals surface area (Å²) in [6.45, 7) is 5.24. The molecule has 2 heterocycles. The van der Waals surface area contributed by atoms with E-state index >= 15 is 0 Å². The van der Waals surface area contributed by atoms with Crippen LogP contribution in [0.5, 0.6) is 11.5 Å². The molecule has 0 aliphatic rings. The van der Waals surface area contributed by atoms with Crippen LogP contribution in [0.1, 0.15) is 37.0 Å². The second-order valence-electron chi connectivity index (χ2n) is 5.74. The molecule has 0 aliphatic carbocycles. The molecule has 3 rings (SSSR count). The highest BCUT2D eigenvalue weighted by atomic mass is 32.1. The Bertz CT molecular complexity index is 878. The third-order valence-corrected chi connectivity index (χ3v) is 5.11. The molecule has 2 aromatic heterocycles. The van der Waals surface area contributed by atoms with E-state index in [1.807, 2.05) is 30.7 Å². The van der Waals surface area contributed by atoms with Crippen LogP contribution in [-0.4, -0.2) is 29.3 Å². The van der Waals surface area contributed by atoms with Crippen LogP contribution in [-0.2, 0) is 0 Å². The van der Waals surface area contributed by atoms with Gasteiger partial charge in [0.25, 0.3) is 5.91 Å². The highest BCUT2D eigenvalue weighted by Crippen LogP contribution is 2.31. The summed E-state index contributed by atoms with van der Waals surface area (Å²) in [6, 6.07) is 7.17. The van der Waals surface area contributed by atoms with Crippen LogP contribution in [0, 0.1) is 0 Å². The van der Waals surface area contributed by atoms with Gasteiger partial charge < -0.3 is 9.47 Å². The summed E-state index contributed by atoms with van der Waals surface area (Å²) < 4.78 is 11.5. The Balaban J connectivity index is 1.73. The molecule has 1 aromatic carbocycles. The molecule has 6 nitrogen and oxygen atoms in total. The van der Waals surface area contributed by atoms with Gasteiger partial charge in [-0.3, -0.25) is 10.1 Å². The number of ether oxygens (including phenoxy) is 2. The molecule has 0 saturated carbocycles. The number of carbonyl (C=O) groups excluding carboxylic acids is 1. The van der Waals surface area contributed by atoms with Crippen LogP contribution in [0.4, 0.5) is 5.13 Å². The Morgan fingerprint density at radius 3 is 2.56 bits per heavy atom. The maximum absolute atomic E-state index is 12.6. The van der Waals surface area contributed by atoms with Crippen molar-refractivity contribution >= 4 is 33.7 Å². The van der Waals surface area contributed by atoms with E-state index in [2.05, 4.69) is 15.5 Å². The molecule has 1 amide bonds. The molecule has 0 spiro atoms. The van der Waals surface area contributed by atoms with Gasteiger partial charge >= 0.3 is 0 Å². The van der Waals surface area contributed by atoms with Crippen LogP contribution < -0.4 is 14.8 Å². The Labute approximate surface area is 166 Å². The van der Waals surface area contributed by atoms with Crippen molar-refractivity contribution in [2.24, 2.45) is 0 Å². The smallest absolute Gasteiger partial charge is 0.257 e. The first-order chi connectivity index (χ1) is 13.2. The first-order valence-electron chi connectivity index (χ1n) is 8.78. The Hall–Kier alpha value is -2.45. The first kappa shape index (κ1) is 19.3. The standard InChI is InChI=1S/C19H21N3O3S2/c1-3-8-24-15-6-5-13(11-16(15)25-9-4-2)17(23)20-19-22-21-18(27-19)14-7-10-26-12-14/h5-7,10-12H,3-4,8-9H2,1-2H3,(H,20,22,23). The number of carbonyl (C=O) groups is 1. The summed E-state index contributed by atoms with van der Waals surface area (Å²) in [4.78, 5) is 12.6. The van der Waals surface area contributed by atoms with Gasteiger partial charge in [-0.25, -0.2) is 0 Å². The first-order valence-corrected chi connectivity index (χ1v) is 10.5. The lowest BCUT2D eigenvalue weighted by atomic mass is 10.2. The Morgan fingerprint density at radius 1 is 1.07 bits per heavy atom. The van der Waals surface area contributed by atoms with Gasteiger partial charge in [0.15, 0.2) is 11.5 Å². The predicted octanol–water partition coefficient (Wildman–Crippen LogP) is 5.10. The zero-order chi connectivity index (χ0) is 19.1. The average Bonchev–Trinajstić information content (AvgIpc) is 3.36. The molecule has 142 valence electrons. The average molecular weight is 404 g/mol. The molecular formula is C19H21N3O3S2. The monoisotopic (exact) mass is 403 g/mol.